The average molecular weight is 439 g/mol. The van der Waals surface area contributed by atoms with Crippen LogP contribution in [-0.2, 0) is 6.54 Å². The van der Waals surface area contributed by atoms with Crippen molar-refractivity contribution in [3.05, 3.63) is 78.8 Å². The Hall–Kier alpha value is -3.25. The van der Waals surface area contributed by atoms with Crippen molar-refractivity contribution in [1.29, 1.82) is 0 Å². The maximum absolute atomic E-state index is 4.88. The molecular weight excluding hydrogens is 408 g/mol. The molecule has 2 saturated heterocycles. The zero-order valence-electron chi connectivity index (χ0n) is 19.0. The Morgan fingerprint density at radius 3 is 2.61 bits per heavy atom. The van der Waals surface area contributed by atoms with Crippen molar-refractivity contribution in [1.82, 2.24) is 24.6 Å². The molecule has 0 atom stereocenters. The van der Waals surface area contributed by atoms with Crippen molar-refractivity contribution in [2.45, 2.75) is 32.2 Å². The van der Waals surface area contributed by atoms with E-state index in [2.05, 4.69) is 50.2 Å². The summed E-state index contributed by atoms with van der Waals surface area (Å²) in [5.74, 6) is 1.02. The molecule has 168 valence electrons. The fraction of sp³-hybridized carbons (Fsp3) is 0.370. The van der Waals surface area contributed by atoms with Gasteiger partial charge in [-0.15, -0.1) is 0 Å². The Labute approximate surface area is 194 Å². The van der Waals surface area contributed by atoms with E-state index in [1.165, 1.54) is 44.3 Å². The molecule has 2 fully saturated rings. The van der Waals surface area contributed by atoms with Gasteiger partial charge in [0.05, 0.1) is 22.9 Å². The number of fused-ring (bicyclic) bond motifs is 1. The van der Waals surface area contributed by atoms with Gasteiger partial charge < -0.3 is 4.90 Å². The minimum atomic E-state index is 0.429. The van der Waals surface area contributed by atoms with Gasteiger partial charge in [-0.05, 0) is 73.5 Å². The minimum Gasteiger partial charge on any atom is -0.355 e. The van der Waals surface area contributed by atoms with Crippen LogP contribution in [0, 0.1) is 5.41 Å². The number of benzene rings is 2. The monoisotopic (exact) mass is 438 g/mol. The molecule has 0 radical (unpaired) electrons. The van der Waals surface area contributed by atoms with E-state index in [0.29, 0.717) is 5.41 Å². The fourth-order valence-electron chi connectivity index (χ4n) is 5.64. The summed E-state index contributed by atoms with van der Waals surface area (Å²) in [5.41, 5.74) is 4.88. The summed E-state index contributed by atoms with van der Waals surface area (Å²) in [6, 6.07) is 18.9. The second kappa shape index (κ2) is 8.60. The smallest absolute Gasteiger partial charge is 0.147 e. The second-order valence-corrected chi connectivity index (χ2v) is 9.64. The van der Waals surface area contributed by atoms with Gasteiger partial charge in [0, 0.05) is 38.6 Å². The number of para-hydroxylation sites is 2. The maximum Gasteiger partial charge on any atom is 0.147 e. The summed E-state index contributed by atoms with van der Waals surface area (Å²) >= 11 is 0. The average Bonchev–Trinajstić information content (AvgIpc) is 3.40. The van der Waals surface area contributed by atoms with Gasteiger partial charge in [0.2, 0.25) is 0 Å². The highest BCUT2D eigenvalue weighted by atomic mass is 15.3. The first-order valence-electron chi connectivity index (χ1n) is 12.0. The molecule has 0 unspecified atom stereocenters. The molecule has 4 aromatic rings. The molecule has 0 saturated carbocycles. The van der Waals surface area contributed by atoms with Gasteiger partial charge in [-0.25, -0.2) is 9.67 Å². The highest BCUT2D eigenvalue weighted by Crippen LogP contribution is 2.41. The van der Waals surface area contributed by atoms with Crippen molar-refractivity contribution in [3.63, 3.8) is 0 Å². The number of aromatic nitrogens is 4. The summed E-state index contributed by atoms with van der Waals surface area (Å²) in [7, 11) is 0. The third kappa shape index (κ3) is 4.23. The molecule has 4 heterocycles. The molecule has 6 rings (SSSR count). The van der Waals surface area contributed by atoms with Crippen molar-refractivity contribution < 1.29 is 0 Å². The molecule has 0 N–H and O–H groups in total. The van der Waals surface area contributed by atoms with Crippen LogP contribution in [0.3, 0.4) is 0 Å². The predicted octanol–water partition coefficient (Wildman–Crippen LogP) is 4.70. The molecule has 2 aliphatic rings. The van der Waals surface area contributed by atoms with Crippen LogP contribution in [0.4, 0.5) is 5.82 Å². The number of hydrogen-bond acceptors (Lipinski definition) is 5. The van der Waals surface area contributed by atoms with E-state index in [9.17, 15) is 0 Å². The molecule has 2 aromatic heterocycles. The van der Waals surface area contributed by atoms with E-state index in [1.54, 1.807) is 0 Å². The van der Waals surface area contributed by atoms with E-state index in [-0.39, 0.29) is 0 Å². The Morgan fingerprint density at radius 1 is 0.879 bits per heavy atom. The second-order valence-electron chi connectivity index (χ2n) is 9.64. The summed E-state index contributed by atoms with van der Waals surface area (Å²) < 4.78 is 1.94. The first-order chi connectivity index (χ1) is 16.3. The van der Waals surface area contributed by atoms with Crippen molar-refractivity contribution in [3.8, 4) is 5.69 Å². The lowest BCUT2D eigenvalue weighted by Gasteiger charge is -2.48. The molecule has 0 bridgehead atoms. The number of nitrogens with zero attached hydrogens (tertiary/aromatic N) is 6. The Balaban J connectivity index is 1.11. The van der Waals surface area contributed by atoms with Crippen LogP contribution < -0.4 is 4.90 Å². The van der Waals surface area contributed by atoms with Crippen LogP contribution in [0.2, 0.25) is 0 Å². The lowest BCUT2D eigenvalue weighted by molar-refractivity contribution is 0.0604. The normalized spacial score (nSPS) is 18.7. The van der Waals surface area contributed by atoms with Gasteiger partial charge in [0.25, 0.3) is 0 Å². The summed E-state index contributed by atoms with van der Waals surface area (Å²) in [6.07, 6.45) is 10.9. The van der Waals surface area contributed by atoms with Crippen LogP contribution in [0.5, 0.6) is 0 Å². The van der Waals surface area contributed by atoms with Crippen LogP contribution in [0.25, 0.3) is 16.7 Å². The highest BCUT2D eigenvalue weighted by Gasteiger charge is 2.38. The van der Waals surface area contributed by atoms with Gasteiger partial charge in [-0.2, -0.15) is 5.10 Å². The fourth-order valence-corrected chi connectivity index (χ4v) is 5.64. The number of piperidine rings is 2. The number of anilines is 1. The van der Waals surface area contributed by atoms with E-state index >= 15 is 0 Å². The Bertz CT molecular complexity index is 1230. The molecule has 6 heteroatoms. The molecule has 33 heavy (non-hydrogen) atoms. The van der Waals surface area contributed by atoms with Gasteiger partial charge in [0.15, 0.2) is 0 Å². The van der Waals surface area contributed by atoms with E-state index in [0.717, 1.165) is 42.2 Å². The number of hydrogen-bond donors (Lipinski definition) is 0. The maximum atomic E-state index is 4.88. The summed E-state index contributed by atoms with van der Waals surface area (Å²) in [6.45, 7) is 5.52. The van der Waals surface area contributed by atoms with Crippen LogP contribution in [0.1, 0.15) is 31.2 Å². The number of rotatable bonds is 4. The molecule has 2 aliphatic heterocycles. The van der Waals surface area contributed by atoms with Gasteiger partial charge in [0.1, 0.15) is 5.82 Å². The lowest BCUT2D eigenvalue weighted by Crippen LogP contribution is -2.49. The minimum absolute atomic E-state index is 0.429. The third-order valence-electron chi connectivity index (χ3n) is 7.41. The lowest BCUT2D eigenvalue weighted by atomic mass is 9.72. The molecular formula is C27H30N6. The van der Waals surface area contributed by atoms with Gasteiger partial charge >= 0.3 is 0 Å². The molecule has 0 amide bonds. The molecule has 0 aliphatic carbocycles. The number of likely N-dealkylation sites (tertiary alicyclic amines) is 1. The molecule has 1 spiro atoms. The Morgan fingerprint density at radius 2 is 1.76 bits per heavy atom. The highest BCUT2D eigenvalue weighted by molar-refractivity contribution is 5.75. The first-order valence-corrected chi connectivity index (χ1v) is 12.0. The first kappa shape index (κ1) is 20.4. The quantitative estimate of drug-likeness (QED) is 0.462. The van der Waals surface area contributed by atoms with E-state index in [1.807, 2.05) is 47.5 Å². The zero-order chi connectivity index (χ0) is 22.1. The van der Waals surface area contributed by atoms with Gasteiger partial charge in [-0.1, -0.05) is 24.3 Å². The van der Waals surface area contributed by atoms with E-state index < -0.39 is 0 Å². The van der Waals surface area contributed by atoms with Crippen molar-refractivity contribution >= 4 is 16.9 Å². The standard InChI is InChI=1S/C27H30N6/c1-2-9-25-24(8-1)28-19-26(30-25)32-16-11-27(12-17-32)10-4-14-31(21-27)20-22-6-3-7-23(18-22)33-15-5-13-29-33/h1-3,5-9,13,15,18-19H,4,10-12,14,16-17,20-21H2. The zero-order valence-corrected chi connectivity index (χ0v) is 19.0. The van der Waals surface area contributed by atoms with Crippen LogP contribution >= 0.6 is 0 Å². The van der Waals surface area contributed by atoms with Crippen LogP contribution in [0.15, 0.2) is 73.2 Å². The summed E-state index contributed by atoms with van der Waals surface area (Å²) in [5, 5.41) is 4.38. The van der Waals surface area contributed by atoms with Crippen molar-refractivity contribution in [2.75, 3.05) is 31.1 Å². The van der Waals surface area contributed by atoms with Crippen LogP contribution in [-0.4, -0.2) is 50.8 Å². The largest absolute Gasteiger partial charge is 0.355 e. The topological polar surface area (TPSA) is 50.1 Å². The predicted molar refractivity (Wildman–Crippen MR) is 131 cm³/mol. The Kier molecular flexibility index (Phi) is 5.30. The van der Waals surface area contributed by atoms with E-state index in [4.69, 9.17) is 4.98 Å². The van der Waals surface area contributed by atoms with Crippen molar-refractivity contribution in [2.24, 2.45) is 5.41 Å². The third-order valence-corrected chi connectivity index (χ3v) is 7.41. The SMILES string of the molecule is c1cc(CN2CCCC3(CCN(c4cnc5ccccc5n4)CC3)C2)cc(-n2cccn2)c1. The van der Waals surface area contributed by atoms with Gasteiger partial charge in [-0.3, -0.25) is 9.88 Å². The molecule has 2 aromatic carbocycles. The summed E-state index contributed by atoms with van der Waals surface area (Å²) in [4.78, 5) is 14.6. The molecule has 6 nitrogen and oxygen atoms in total.